The van der Waals surface area contributed by atoms with E-state index in [4.69, 9.17) is 4.74 Å². The maximum atomic E-state index is 11.6. The Kier molecular flexibility index (Phi) is 4.14. The molecule has 1 N–H and O–H groups in total. The maximum absolute atomic E-state index is 11.6. The van der Waals surface area contributed by atoms with Gasteiger partial charge < -0.3 is 4.74 Å². The van der Waals surface area contributed by atoms with Gasteiger partial charge in [-0.3, -0.25) is 10.1 Å². The van der Waals surface area contributed by atoms with Gasteiger partial charge in [0, 0.05) is 5.54 Å². The van der Waals surface area contributed by atoms with E-state index < -0.39 is 0 Å². The zero-order valence-corrected chi connectivity index (χ0v) is 10.3. The van der Waals surface area contributed by atoms with Crippen LogP contribution in [0.1, 0.15) is 47.0 Å². The number of ether oxygens (including phenoxy) is 1. The molecule has 1 rings (SSSR count). The molecule has 0 bridgehead atoms. The first kappa shape index (κ1) is 12.5. The second-order valence-electron chi connectivity index (χ2n) is 4.85. The predicted octanol–water partition coefficient (Wildman–Crippen LogP) is 2.11. The largest absolute Gasteiger partial charge is 0.465 e. The molecule has 1 atom stereocenters. The molecule has 0 radical (unpaired) electrons. The third-order valence-electron chi connectivity index (χ3n) is 3.12. The molecular weight excluding hydrogens is 190 g/mol. The lowest BCUT2D eigenvalue weighted by atomic mass is 9.97. The third kappa shape index (κ3) is 3.49. The Hall–Kier alpha value is -0.570. The molecule has 3 nitrogen and oxygen atoms in total. The average molecular weight is 213 g/mol. The Labute approximate surface area is 92.6 Å². The first-order valence-corrected chi connectivity index (χ1v) is 5.95. The number of esters is 1. The van der Waals surface area contributed by atoms with Crippen LogP contribution in [0.15, 0.2) is 0 Å². The van der Waals surface area contributed by atoms with Gasteiger partial charge in [0.05, 0.1) is 6.61 Å². The van der Waals surface area contributed by atoms with Gasteiger partial charge >= 0.3 is 5.97 Å². The lowest BCUT2D eigenvalue weighted by Gasteiger charge is -2.30. The van der Waals surface area contributed by atoms with Crippen molar-refractivity contribution in [3.8, 4) is 0 Å². The molecule has 0 spiro atoms. The minimum absolute atomic E-state index is 0.0629. The minimum atomic E-state index is -0.152. The zero-order chi connectivity index (χ0) is 11.5. The Bertz CT molecular complexity index is 222. The van der Waals surface area contributed by atoms with E-state index in [9.17, 15) is 4.79 Å². The van der Waals surface area contributed by atoms with Crippen molar-refractivity contribution >= 4 is 5.97 Å². The molecule has 0 heterocycles. The Balaban J connectivity index is 2.48. The van der Waals surface area contributed by atoms with E-state index in [1.165, 1.54) is 12.8 Å². The minimum Gasteiger partial charge on any atom is -0.465 e. The number of rotatable bonds is 6. The highest BCUT2D eigenvalue weighted by molar-refractivity contribution is 5.75. The van der Waals surface area contributed by atoms with Crippen molar-refractivity contribution in [2.24, 2.45) is 5.92 Å². The summed E-state index contributed by atoms with van der Waals surface area (Å²) in [5.41, 5.74) is 0.0629. The number of hydrogen-bond donors (Lipinski definition) is 1. The van der Waals surface area contributed by atoms with Gasteiger partial charge in [0.2, 0.25) is 0 Å². The monoisotopic (exact) mass is 213 g/mol. The number of carbonyl (C=O) groups excluding carboxylic acids is 1. The van der Waals surface area contributed by atoms with Crippen LogP contribution in [0.3, 0.4) is 0 Å². The molecule has 1 aliphatic carbocycles. The highest BCUT2D eigenvalue weighted by Crippen LogP contribution is 2.39. The zero-order valence-electron chi connectivity index (χ0n) is 10.3. The van der Waals surface area contributed by atoms with Crippen molar-refractivity contribution < 1.29 is 9.53 Å². The summed E-state index contributed by atoms with van der Waals surface area (Å²) in [6.07, 6.45) is 3.34. The van der Waals surface area contributed by atoms with E-state index in [2.05, 4.69) is 19.2 Å². The summed E-state index contributed by atoms with van der Waals surface area (Å²) in [4.78, 5) is 11.6. The Morgan fingerprint density at radius 3 is 2.47 bits per heavy atom. The summed E-state index contributed by atoms with van der Waals surface area (Å²) in [5, 5.41) is 3.42. The normalized spacial score (nSPS) is 18.7. The molecule has 0 aliphatic heterocycles. The van der Waals surface area contributed by atoms with Gasteiger partial charge in [0.25, 0.3) is 0 Å². The van der Waals surface area contributed by atoms with E-state index in [1.807, 2.05) is 13.8 Å². The Morgan fingerprint density at radius 1 is 1.47 bits per heavy atom. The summed E-state index contributed by atoms with van der Waals surface area (Å²) >= 11 is 0. The van der Waals surface area contributed by atoms with E-state index >= 15 is 0 Å². The predicted molar refractivity (Wildman–Crippen MR) is 60.7 cm³/mol. The first-order chi connectivity index (χ1) is 7.01. The van der Waals surface area contributed by atoms with Crippen LogP contribution in [-0.2, 0) is 9.53 Å². The van der Waals surface area contributed by atoms with E-state index in [1.54, 1.807) is 0 Å². The van der Waals surface area contributed by atoms with Gasteiger partial charge in [-0.2, -0.15) is 0 Å². The van der Waals surface area contributed by atoms with Crippen molar-refractivity contribution in [3.63, 3.8) is 0 Å². The molecule has 0 aromatic heterocycles. The molecule has 1 aliphatic rings. The molecule has 0 aromatic carbocycles. The fourth-order valence-corrected chi connectivity index (χ4v) is 1.94. The molecule has 1 saturated carbocycles. The smallest absolute Gasteiger partial charge is 0.323 e. The van der Waals surface area contributed by atoms with Gasteiger partial charge in [-0.1, -0.05) is 6.92 Å². The highest BCUT2D eigenvalue weighted by Gasteiger charge is 2.39. The molecule has 0 amide bonds. The highest BCUT2D eigenvalue weighted by atomic mass is 16.5. The summed E-state index contributed by atoms with van der Waals surface area (Å²) in [7, 11) is 0. The Morgan fingerprint density at radius 2 is 2.07 bits per heavy atom. The summed E-state index contributed by atoms with van der Waals surface area (Å²) in [5.74, 6) is 0.606. The van der Waals surface area contributed by atoms with E-state index in [0.29, 0.717) is 6.61 Å². The molecule has 15 heavy (non-hydrogen) atoms. The van der Waals surface area contributed by atoms with Gasteiger partial charge in [-0.15, -0.1) is 0 Å². The van der Waals surface area contributed by atoms with Crippen molar-refractivity contribution in [1.82, 2.24) is 5.32 Å². The second-order valence-corrected chi connectivity index (χ2v) is 4.85. The van der Waals surface area contributed by atoms with E-state index in [0.717, 1.165) is 12.3 Å². The molecule has 1 unspecified atom stereocenters. The molecule has 0 aromatic rings. The first-order valence-electron chi connectivity index (χ1n) is 5.95. The van der Waals surface area contributed by atoms with Crippen LogP contribution >= 0.6 is 0 Å². The fourth-order valence-electron chi connectivity index (χ4n) is 1.94. The van der Waals surface area contributed by atoms with Gasteiger partial charge in [0.1, 0.15) is 6.04 Å². The molecule has 3 heteroatoms. The SMILES string of the molecule is CCOC(=O)C(CC)NC(C)(C)C1CC1. The van der Waals surface area contributed by atoms with Crippen LogP contribution in [0, 0.1) is 5.92 Å². The van der Waals surface area contributed by atoms with Crippen molar-refractivity contribution in [2.45, 2.75) is 58.5 Å². The molecule has 0 saturated heterocycles. The van der Waals surface area contributed by atoms with Gasteiger partial charge in [-0.05, 0) is 46.0 Å². The standard InChI is InChI=1S/C12H23NO2/c1-5-10(11(14)15-6-2)13-12(3,4)9-7-8-9/h9-10,13H,5-8H2,1-4H3. The van der Waals surface area contributed by atoms with Crippen LogP contribution in [-0.4, -0.2) is 24.2 Å². The molecule has 1 fully saturated rings. The van der Waals surface area contributed by atoms with Crippen LogP contribution < -0.4 is 5.32 Å². The van der Waals surface area contributed by atoms with Gasteiger partial charge in [0.15, 0.2) is 0 Å². The lowest BCUT2D eigenvalue weighted by Crippen LogP contribution is -2.51. The summed E-state index contributed by atoms with van der Waals surface area (Å²) in [6.45, 7) is 8.66. The second kappa shape index (κ2) is 4.97. The lowest BCUT2D eigenvalue weighted by molar-refractivity contribution is -0.146. The van der Waals surface area contributed by atoms with Crippen LogP contribution in [0.4, 0.5) is 0 Å². The topological polar surface area (TPSA) is 38.3 Å². The number of hydrogen-bond acceptors (Lipinski definition) is 3. The molecular formula is C12H23NO2. The van der Waals surface area contributed by atoms with Gasteiger partial charge in [-0.25, -0.2) is 0 Å². The summed E-state index contributed by atoms with van der Waals surface area (Å²) < 4.78 is 5.04. The van der Waals surface area contributed by atoms with E-state index in [-0.39, 0.29) is 17.6 Å². The summed E-state index contributed by atoms with van der Waals surface area (Å²) in [6, 6.07) is -0.152. The average Bonchev–Trinajstić information content (AvgIpc) is 2.97. The fraction of sp³-hybridized carbons (Fsp3) is 0.917. The van der Waals surface area contributed by atoms with Crippen molar-refractivity contribution in [3.05, 3.63) is 0 Å². The third-order valence-corrected chi connectivity index (χ3v) is 3.12. The van der Waals surface area contributed by atoms with Crippen LogP contribution in [0.2, 0.25) is 0 Å². The molecule has 88 valence electrons. The number of carbonyl (C=O) groups is 1. The maximum Gasteiger partial charge on any atom is 0.323 e. The quantitative estimate of drug-likeness (QED) is 0.687. The van der Waals surface area contributed by atoms with Crippen molar-refractivity contribution in [2.75, 3.05) is 6.61 Å². The van der Waals surface area contributed by atoms with Crippen LogP contribution in [0.25, 0.3) is 0 Å². The van der Waals surface area contributed by atoms with Crippen molar-refractivity contribution in [1.29, 1.82) is 0 Å². The van der Waals surface area contributed by atoms with Crippen LogP contribution in [0.5, 0.6) is 0 Å². The number of nitrogens with one attached hydrogen (secondary N) is 1.